The Balaban J connectivity index is 1.74. The maximum Gasteiger partial charge on any atom is 0.326 e. The third kappa shape index (κ3) is 2.40. The highest BCUT2D eigenvalue weighted by Crippen LogP contribution is 2.58. The molecule has 0 saturated heterocycles. The van der Waals surface area contributed by atoms with Crippen LogP contribution >= 0.6 is 0 Å². The van der Waals surface area contributed by atoms with Gasteiger partial charge in [0.2, 0.25) is 0 Å². The van der Waals surface area contributed by atoms with E-state index in [1.165, 1.54) is 13.5 Å². The summed E-state index contributed by atoms with van der Waals surface area (Å²) in [5.41, 5.74) is 7.83. The van der Waals surface area contributed by atoms with E-state index in [4.69, 9.17) is 10.3 Å². The van der Waals surface area contributed by atoms with Crippen LogP contribution in [0, 0.1) is 23.7 Å². The van der Waals surface area contributed by atoms with E-state index in [1.807, 2.05) is 0 Å². The van der Waals surface area contributed by atoms with Crippen LogP contribution in [-0.4, -0.2) is 31.7 Å². The van der Waals surface area contributed by atoms with Crippen molar-refractivity contribution in [3.05, 3.63) is 10.4 Å². The number of ether oxygens (including phenoxy) is 1. The smallest absolute Gasteiger partial charge is 0.326 e. The lowest BCUT2D eigenvalue weighted by Crippen LogP contribution is -2.69. The van der Waals surface area contributed by atoms with Gasteiger partial charge < -0.3 is 10.1 Å². The lowest BCUT2D eigenvalue weighted by atomic mass is 9.48. The molecule has 0 heterocycles. The Labute approximate surface area is 125 Å². The van der Waals surface area contributed by atoms with Crippen LogP contribution in [0.25, 0.3) is 10.4 Å². The van der Waals surface area contributed by atoms with E-state index >= 15 is 0 Å². The van der Waals surface area contributed by atoms with Crippen molar-refractivity contribution in [2.75, 3.05) is 20.2 Å². The first-order chi connectivity index (χ1) is 10.2. The van der Waals surface area contributed by atoms with E-state index in [-0.39, 0.29) is 5.97 Å². The average molecular weight is 292 g/mol. The SMILES string of the molecule is COC(=O)C1(NCCCN=[N+]=[N-])C2CC3CC(C2)CC1C3. The molecule has 0 aliphatic heterocycles. The Hall–Kier alpha value is -1.26. The minimum absolute atomic E-state index is 0.0833. The third-order valence-corrected chi connectivity index (χ3v) is 5.86. The van der Waals surface area contributed by atoms with Gasteiger partial charge >= 0.3 is 5.97 Å². The quantitative estimate of drug-likeness (QED) is 0.268. The fourth-order valence-corrected chi connectivity index (χ4v) is 5.28. The molecule has 0 radical (unpaired) electrons. The normalized spacial score (nSPS) is 39.9. The molecule has 6 nitrogen and oxygen atoms in total. The maximum atomic E-state index is 12.6. The van der Waals surface area contributed by atoms with Crippen LogP contribution in [0.2, 0.25) is 0 Å². The van der Waals surface area contributed by atoms with E-state index in [2.05, 4.69) is 15.3 Å². The zero-order valence-electron chi connectivity index (χ0n) is 12.6. The van der Waals surface area contributed by atoms with Crippen molar-refractivity contribution in [3.8, 4) is 0 Å². The number of carbonyl (C=O) groups excluding carboxylic acids is 1. The van der Waals surface area contributed by atoms with Crippen LogP contribution < -0.4 is 5.32 Å². The molecule has 4 aliphatic rings. The fraction of sp³-hybridized carbons (Fsp3) is 0.933. The summed E-state index contributed by atoms with van der Waals surface area (Å²) in [5, 5.41) is 7.09. The maximum absolute atomic E-state index is 12.6. The summed E-state index contributed by atoms with van der Waals surface area (Å²) in [6, 6.07) is 0. The predicted molar refractivity (Wildman–Crippen MR) is 78.4 cm³/mol. The summed E-state index contributed by atoms with van der Waals surface area (Å²) in [6.07, 6.45) is 6.75. The molecule has 0 aromatic carbocycles. The first kappa shape index (κ1) is 14.7. The van der Waals surface area contributed by atoms with E-state index in [0.717, 1.165) is 43.9 Å². The monoisotopic (exact) mass is 292 g/mol. The lowest BCUT2D eigenvalue weighted by molar-refractivity contribution is -0.168. The molecule has 0 amide bonds. The average Bonchev–Trinajstić information content (AvgIpc) is 2.48. The van der Waals surface area contributed by atoms with Gasteiger partial charge in [0.05, 0.1) is 7.11 Å². The number of nitrogens with zero attached hydrogens (tertiary/aromatic N) is 3. The summed E-state index contributed by atoms with van der Waals surface area (Å²) in [5.74, 6) is 2.38. The number of methoxy groups -OCH3 is 1. The highest BCUT2D eigenvalue weighted by atomic mass is 16.5. The van der Waals surface area contributed by atoms with Crippen LogP contribution in [0.5, 0.6) is 0 Å². The number of nitrogens with one attached hydrogen (secondary N) is 1. The molecule has 116 valence electrons. The molecule has 0 atom stereocenters. The standard InChI is InChI=1S/C15H24N4O2/c1-21-14(20)15(17-3-2-4-18-19-16)12-6-10-5-11(8-12)9-13(15)7-10/h10-13,17H,2-9H2,1H3. The molecule has 4 rings (SSSR count). The van der Waals surface area contributed by atoms with E-state index in [9.17, 15) is 4.79 Å². The summed E-state index contributed by atoms with van der Waals surface area (Å²) < 4.78 is 5.17. The Morgan fingerprint density at radius 1 is 1.29 bits per heavy atom. The van der Waals surface area contributed by atoms with Crippen LogP contribution in [-0.2, 0) is 9.53 Å². The largest absolute Gasteiger partial charge is 0.468 e. The topological polar surface area (TPSA) is 87.1 Å². The molecule has 4 aliphatic carbocycles. The molecular weight excluding hydrogens is 268 g/mol. The second-order valence-electron chi connectivity index (χ2n) is 6.90. The zero-order chi connectivity index (χ0) is 14.9. The van der Waals surface area contributed by atoms with Gasteiger partial charge in [-0.25, -0.2) is 0 Å². The van der Waals surface area contributed by atoms with Gasteiger partial charge in [-0.15, -0.1) is 0 Å². The second-order valence-corrected chi connectivity index (χ2v) is 6.90. The van der Waals surface area contributed by atoms with Crippen molar-refractivity contribution in [1.82, 2.24) is 5.32 Å². The molecule has 0 aromatic rings. The highest BCUT2D eigenvalue weighted by molar-refractivity contribution is 5.82. The van der Waals surface area contributed by atoms with Crippen molar-refractivity contribution >= 4 is 5.97 Å². The molecule has 1 N–H and O–H groups in total. The van der Waals surface area contributed by atoms with Crippen LogP contribution in [0.3, 0.4) is 0 Å². The van der Waals surface area contributed by atoms with Crippen molar-refractivity contribution in [1.29, 1.82) is 0 Å². The molecule has 4 fully saturated rings. The van der Waals surface area contributed by atoms with E-state index in [0.29, 0.717) is 24.9 Å². The van der Waals surface area contributed by atoms with Gasteiger partial charge in [0.15, 0.2) is 0 Å². The Morgan fingerprint density at radius 3 is 2.43 bits per heavy atom. The number of hydrogen-bond donors (Lipinski definition) is 1. The van der Waals surface area contributed by atoms with Crippen LogP contribution in [0.15, 0.2) is 5.11 Å². The fourth-order valence-electron chi connectivity index (χ4n) is 5.28. The predicted octanol–water partition coefficient (Wildman–Crippen LogP) is 2.64. The number of rotatable bonds is 6. The minimum atomic E-state index is -0.488. The third-order valence-electron chi connectivity index (χ3n) is 5.86. The van der Waals surface area contributed by atoms with Crippen LogP contribution in [0.4, 0.5) is 0 Å². The van der Waals surface area contributed by atoms with Gasteiger partial charge in [0.25, 0.3) is 0 Å². The van der Waals surface area contributed by atoms with Crippen molar-refractivity contribution < 1.29 is 9.53 Å². The van der Waals surface area contributed by atoms with Crippen molar-refractivity contribution in [2.24, 2.45) is 28.8 Å². The Kier molecular flexibility index (Phi) is 4.09. The number of carbonyl (C=O) groups is 1. The van der Waals surface area contributed by atoms with Gasteiger partial charge in [-0.1, -0.05) is 5.11 Å². The summed E-state index contributed by atoms with van der Waals surface area (Å²) in [4.78, 5) is 15.3. The first-order valence-corrected chi connectivity index (χ1v) is 8.05. The van der Waals surface area contributed by atoms with Gasteiger partial charge in [-0.2, -0.15) is 0 Å². The molecule has 0 unspecified atom stereocenters. The number of hydrogen-bond acceptors (Lipinski definition) is 4. The number of azide groups is 1. The van der Waals surface area contributed by atoms with Gasteiger partial charge in [-0.3, -0.25) is 4.79 Å². The zero-order valence-corrected chi connectivity index (χ0v) is 12.6. The molecule has 6 heteroatoms. The van der Waals surface area contributed by atoms with Crippen LogP contribution in [0.1, 0.15) is 38.5 Å². The molecule has 4 bridgehead atoms. The highest BCUT2D eigenvalue weighted by Gasteiger charge is 2.61. The van der Waals surface area contributed by atoms with Gasteiger partial charge in [0.1, 0.15) is 5.54 Å². The summed E-state index contributed by atoms with van der Waals surface area (Å²) >= 11 is 0. The summed E-state index contributed by atoms with van der Waals surface area (Å²) in [6.45, 7) is 1.18. The van der Waals surface area contributed by atoms with Crippen molar-refractivity contribution in [3.63, 3.8) is 0 Å². The van der Waals surface area contributed by atoms with Gasteiger partial charge in [-0.05, 0) is 74.3 Å². The molecule has 21 heavy (non-hydrogen) atoms. The Morgan fingerprint density at radius 2 is 1.90 bits per heavy atom. The molecular formula is C15H24N4O2. The molecule has 4 saturated carbocycles. The molecule has 0 aromatic heterocycles. The van der Waals surface area contributed by atoms with Gasteiger partial charge in [0, 0.05) is 11.5 Å². The van der Waals surface area contributed by atoms with Crippen molar-refractivity contribution in [2.45, 2.75) is 44.1 Å². The lowest BCUT2D eigenvalue weighted by Gasteiger charge is -2.59. The van der Waals surface area contributed by atoms with E-state index in [1.54, 1.807) is 0 Å². The first-order valence-electron chi connectivity index (χ1n) is 8.05. The Bertz CT molecular complexity index is 431. The summed E-state index contributed by atoms with van der Waals surface area (Å²) in [7, 11) is 1.50. The second kappa shape index (κ2) is 5.85. The van der Waals surface area contributed by atoms with E-state index < -0.39 is 5.54 Å². The molecule has 0 spiro atoms. The minimum Gasteiger partial charge on any atom is -0.468 e. The number of esters is 1.